The summed E-state index contributed by atoms with van der Waals surface area (Å²) in [6.07, 6.45) is 9.35. The lowest BCUT2D eigenvalue weighted by atomic mass is 9.80. The molecule has 13 heavy (non-hydrogen) atoms. The van der Waals surface area contributed by atoms with Crippen LogP contribution in [0.3, 0.4) is 0 Å². The first kappa shape index (κ1) is 9.51. The quantitative estimate of drug-likeness (QED) is 0.650. The van der Waals surface area contributed by atoms with Gasteiger partial charge in [-0.15, -0.1) is 0 Å². The fourth-order valence-corrected chi connectivity index (χ4v) is 2.37. The average molecular weight is 182 g/mol. The second-order valence-electron chi connectivity index (χ2n) is 5.12. The van der Waals surface area contributed by atoms with Crippen molar-refractivity contribution in [1.29, 1.82) is 0 Å². The van der Waals surface area contributed by atoms with Crippen molar-refractivity contribution in [2.24, 2.45) is 11.8 Å². The lowest BCUT2D eigenvalue weighted by molar-refractivity contribution is 0.00231. The van der Waals surface area contributed by atoms with E-state index >= 15 is 0 Å². The van der Waals surface area contributed by atoms with Gasteiger partial charge >= 0.3 is 0 Å². The Morgan fingerprint density at radius 3 is 1.69 bits per heavy atom. The summed E-state index contributed by atoms with van der Waals surface area (Å²) >= 11 is 0. The largest absolute Gasteiger partial charge is 0.375 e. The van der Waals surface area contributed by atoms with Gasteiger partial charge < -0.3 is 4.74 Å². The predicted octanol–water partition coefficient (Wildman–Crippen LogP) is 3.38. The molecule has 2 fully saturated rings. The number of ether oxygens (including phenoxy) is 1. The monoisotopic (exact) mass is 182 g/mol. The Morgan fingerprint density at radius 1 is 0.846 bits per heavy atom. The van der Waals surface area contributed by atoms with Gasteiger partial charge in [-0.05, 0) is 50.4 Å². The molecule has 2 rings (SSSR count). The van der Waals surface area contributed by atoms with Gasteiger partial charge in [0.15, 0.2) is 0 Å². The molecular formula is C12H22O. The standard InChI is InChI=1S/C12H22O/c1-9(2)10-3-5-11(6-4-10)13-12-7-8-12/h9-12H,3-8H2,1-2H3/t10-,11-. The van der Waals surface area contributed by atoms with E-state index < -0.39 is 0 Å². The molecule has 2 aliphatic carbocycles. The van der Waals surface area contributed by atoms with Crippen molar-refractivity contribution in [3.05, 3.63) is 0 Å². The lowest BCUT2D eigenvalue weighted by Crippen LogP contribution is -2.24. The summed E-state index contributed by atoms with van der Waals surface area (Å²) in [5, 5.41) is 0. The average Bonchev–Trinajstić information content (AvgIpc) is 2.89. The molecule has 1 heteroatoms. The molecule has 0 radical (unpaired) electrons. The number of hydrogen-bond acceptors (Lipinski definition) is 1. The molecule has 0 atom stereocenters. The highest BCUT2D eigenvalue weighted by atomic mass is 16.5. The van der Waals surface area contributed by atoms with Crippen LogP contribution in [0.15, 0.2) is 0 Å². The molecule has 0 spiro atoms. The Balaban J connectivity index is 1.69. The van der Waals surface area contributed by atoms with Crippen molar-refractivity contribution in [2.45, 2.75) is 64.6 Å². The van der Waals surface area contributed by atoms with Crippen LogP contribution in [0.4, 0.5) is 0 Å². The van der Waals surface area contributed by atoms with Crippen LogP contribution in [0, 0.1) is 11.8 Å². The molecule has 76 valence electrons. The van der Waals surface area contributed by atoms with Gasteiger partial charge in [0.05, 0.1) is 12.2 Å². The van der Waals surface area contributed by atoms with Crippen molar-refractivity contribution in [2.75, 3.05) is 0 Å². The normalized spacial score (nSPS) is 35.3. The lowest BCUT2D eigenvalue weighted by Gasteiger charge is -2.30. The molecule has 0 N–H and O–H groups in total. The minimum Gasteiger partial charge on any atom is -0.375 e. The zero-order valence-electron chi connectivity index (χ0n) is 8.96. The summed E-state index contributed by atoms with van der Waals surface area (Å²) in [5.74, 6) is 1.85. The second-order valence-corrected chi connectivity index (χ2v) is 5.12. The van der Waals surface area contributed by atoms with E-state index in [1.54, 1.807) is 0 Å². The molecule has 0 aromatic rings. The smallest absolute Gasteiger partial charge is 0.0580 e. The zero-order valence-corrected chi connectivity index (χ0v) is 8.96. The van der Waals surface area contributed by atoms with Crippen molar-refractivity contribution in [3.8, 4) is 0 Å². The van der Waals surface area contributed by atoms with Crippen LogP contribution < -0.4 is 0 Å². The molecule has 0 aromatic heterocycles. The summed E-state index contributed by atoms with van der Waals surface area (Å²) in [7, 11) is 0. The van der Waals surface area contributed by atoms with E-state index in [9.17, 15) is 0 Å². The van der Waals surface area contributed by atoms with Crippen LogP contribution in [0.5, 0.6) is 0 Å². The highest BCUT2D eigenvalue weighted by molar-refractivity contribution is 4.79. The van der Waals surface area contributed by atoms with Gasteiger partial charge in [-0.25, -0.2) is 0 Å². The van der Waals surface area contributed by atoms with E-state index in [-0.39, 0.29) is 0 Å². The maximum absolute atomic E-state index is 5.93. The summed E-state index contributed by atoms with van der Waals surface area (Å²) in [6, 6.07) is 0. The molecule has 1 nitrogen and oxygen atoms in total. The van der Waals surface area contributed by atoms with Crippen molar-refractivity contribution in [1.82, 2.24) is 0 Å². The highest BCUT2D eigenvalue weighted by Crippen LogP contribution is 2.34. The Bertz CT molecular complexity index is 153. The van der Waals surface area contributed by atoms with Crippen molar-refractivity contribution < 1.29 is 4.74 Å². The molecule has 0 heterocycles. The Labute approximate surface area is 81.9 Å². The first-order valence-corrected chi connectivity index (χ1v) is 5.91. The van der Waals surface area contributed by atoms with Crippen molar-refractivity contribution in [3.63, 3.8) is 0 Å². The Morgan fingerprint density at radius 2 is 1.31 bits per heavy atom. The van der Waals surface area contributed by atoms with Crippen molar-refractivity contribution >= 4 is 0 Å². The van der Waals surface area contributed by atoms with Crippen LogP contribution in [0.1, 0.15) is 52.4 Å². The van der Waals surface area contributed by atoms with Crippen LogP contribution in [0.25, 0.3) is 0 Å². The highest BCUT2D eigenvalue weighted by Gasteiger charge is 2.29. The van der Waals surface area contributed by atoms with E-state index in [1.807, 2.05) is 0 Å². The predicted molar refractivity (Wildman–Crippen MR) is 54.7 cm³/mol. The van der Waals surface area contributed by atoms with Crippen LogP contribution >= 0.6 is 0 Å². The second kappa shape index (κ2) is 4.00. The SMILES string of the molecule is CC(C)[C@H]1CC[C@H](OC2CC2)CC1. The Hall–Kier alpha value is -0.0400. The zero-order chi connectivity index (χ0) is 9.26. The fraction of sp³-hybridized carbons (Fsp3) is 1.00. The number of hydrogen-bond donors (Lipinski definition) is 0. The first-order chi connectivity index (χ1) is 6.25. The molecule has 0 saturated heterocycles. The third-order valence-electron chi connectivity index (χ3n) is 3.57. The molecule has 0 unspecified atom stereocenters. The molecule has 0 amide bonds. The Kier molecular flexibility index (Phi) is 2.92. The van der Waals surface area contributed by atoms with E-state index in [2.05, 4.69) is 13.8 Å². The number of rotatable bonds is 3. The molecule has 0 aliphatic heterocycles. The van der Waals surface area contributed by atoms with Crippen LogP contribution in [-0.2, 0) is 4.74 Å². The molecule has 0 bridgehead atoms. The van der Waals surface area contributed by atoms with Gasteiger partial charge in [0.2, 0.25) is 0 Å². The van der Waals surface area contributed by atoms with Gasteiger partial charge in [0, 0.05) is 0 Å². The van der Waals surface area contributed by atoms with Gasteiger partial charge in [-0.2, -0.15) is 0 Å². The topological polar surface area (TPSA) is 9.23 Å². The third-order valence-corrected chi connectivity index (χ3v) is 3.57. The maximum Gasteiger partial charge on any atom is 0.0580 e. The first-order valence-electron chi connectivity index (χ1n) is 5.91. The van der Waals surface area contributed by atoms with Gasteiger partial charge in [0.1, 0.15) is 0 Å². The maximum atomic E-state index is 5.93. The van der Waals surface area contributed by atoms with Crippen LogP contribution in [-0.4, -0.2) is 12.2 Å². The summed E-state index contributed by atoms with van der Waals surface area (Å²) in [6.45, 7) is 4.71. The van der Waals surface area contributed by atoms with E-state index in [0.29, 0.717) is 12.2 Å². The summed E-state index contributed by atoms with van der Waals surface area (Å²) in [5.41, 5.74) is 0. The summed E-state index contributed by atoms with van der Waals surface area (Å²) < 4.78 is 5.93. The van der Waals surface area contributed by atoms with E-state index in [1.165, 1.54) is 38.5 Å². The molecule has 2 aliphatic rings. The van der Waals surface area contributed by atoms with E-state index in [4.69, 9.17) is 4.74 Å². The molecule has 2 saturated carbocycles. The third kappa shape index (κ3) is 2.70. The van der Waals surface area contributed by atoms with Crippen LogP contribution in [0.2, 0.25) is 0 Å². The minimum atomic E-state index is 0.613. The molecular weight excluding hydrogens is 160 g/mol. The van der Waals surface area contributed by atoms with Gasteiger partial charge in [-0.3, -0.25) is 0 Å². The summed E-state index contributed by atoms with van der Waals surface area (Å²) in [4.78, 5) is 0. The molecule has 0 aromatic carbocycles. The van der Waals surface area contributed by atoms with Gasteiger partial charge in [0.25, 0.3) is 0 Å². The van der Waals surface area contributed by atoms with Gasteiger partial charge in [-0.1, -0.05) is 13.8 Å². The minimum absolute atomic E-state index is 0.613. The fourth-order valence-electron chi connectivity index (χ4n) is 2.37. The van der Waals surface area contributed by atoms with E-state index in [0.717, 1.165) is 11.8 Å².